The standard InChI is InChI=1S/C17H15NO/c1-12-16-6-4-3-5-14(16)11-17(18-12)13-7-9-15(19-2)10-8-13/h3-11H,1-2H3. The summed E-state index contributed by atoms with van der Waals surface area (Å²) in [6, 6.07) is 18.5. The molecule has 0 saturated heterocycles. The molecule has 0 fully saturated rings. The van der Waals surface area contributed by atoms with Crippen molar-refractivity contribution in [2.75, 3.05) is 7.11 Å². The normalized spacial score (nSPS) is 10.6. The second kappa shape index (κ2) is 4.73. The zero-order valence-corrected chi connectivity index (χ0v) is 11.1. The van der Waals surface area contributed by atoms with Crippen LogP contribution in [0.25, 0.3) is 22.0 Å². The van der Waals surface area contributed by atoms with Crippen LogP contribution in [-0.2, 0) is 0 Å². The lowest BCUT2D eigenvalue weighted by Gasteiger charge is -2.07. The van der Waals surface area contributed by atoms with Crippen molar-refractivity contribution in [2.24, 2.45) is 0 Å². The van der Waals surface area contributed by atoms with Gasteiger partial charge in [0.1, 0.15) is 5.75 Å². The molecule has 0 radical (unpaired) electrons. The van der Waals surface area contributed by atoms with Crippen LogP contribution >= 0.6 is 0 Å². The average molecular weight is 249 g/mol. The summed E-state index contributed by atoms with van der Waals surface area (Å²) in [4.78, 5) is 4.69. The number of methoxy groups -OCH3 is 1. The molecule has 0 spiro atoms. The number of fused-ring (bicyclic) bond motifs is 1. The first-order valence-corrected chi connectivity index (χ1v) is 6.29. The summed E-state index contributed by atoms with van der Waals surface area (Å²) < 4.78 is 5.18. The molecule has 0 N–H and O–H groups in total. The quantitative estimate of drug-likeness (QED) is 0.678. The van der Waals surface area contributed by atoms with Crippen LogP contribution in [0.1, 0.15) is 5.69 Å². The van der Waals surface area contributed by atoms with E-state index in [1.807, 2.05) is 30.3 Å². The van der Waals surface area contributed by atoms with Gasteiger partial charge in [0.15, 0.2) is 0 Å². The molecule has 0 unspecified atom stereocenters. The highest BCUT2D eigenvalue weighted by molar-refractivity contribution is 5.87. The molecular formula is C17H15NO. The van der Waals surface area contributed by atoms with Crippen molar-refractivity contribution in [1.82, 2.24) is 4.98 Å². The van der Waals surface area contributed by atoms with E-state index in [-0.39, 0.29) is 0 Å². The minimum Gasteiger partial charge on any atom is -0.497 e. The van der Waals surface area contributed by atoms with E-state index in [2.05, 4.69) is 36.2 Å². The molecule has 0 aliphatic heterocycles. The molecular weight excluding hydrogens is 234 g/mol. The first-order chi connectivity index (χ1) is 9.28. The van der Waals surface area contributed by atoms with E-state index in [0.29, 0.717) is 0 Å². The van der Waals surface area contributed by atoms with Crippen LogP contribution in [0.15, 0.2) is 54.6 Å². The second-order valence-corrected chi connectivity index (χ2v) is 4.54. The number of hydrogen-bond acceptors (Lipinski definition) is 2. The van der Waals surface area contributed by atoms with Crippen LogP contribution in [0.2, 0.25) is 0 Å². The molecule has 0 amide bonds. The fourth-order valence-electron chi connectivity index (χ4n) is 2.28. The predicted molar refractivity (Wildman–Crippen MR) is 78.5 cm³/mol. The number of rotatable bonds is 2. The van der Waals surface area contributed by atoms with Gasteiger partial charge in [-0.15, -0.1) is 0 Å². The van der Waals surface area contributed by atoms with Crippen molar-refractivity contribution in [3.05, 3.63) is 60.3 Å². The SMILES string of the molecule is COc1ccc(-c2cc3ccccc3c(C)n2)cc1. The molecule has 0 aliphatic rings. The van der Waals surface area contributed by atoms with Gasteiger partial charge in [-0.2, -0.15) is 0 Å². The molecule has 94 valence electrons. The van der Waals surface area contributed by atoms with Crippen LogP contribution in [0.4, 0.5) is 0 Å². The van der Waals surface area contributed by atoms with Gasteiger partial charge in [-0.3, -0.25) is 4.98 Å². The molecule has 1 heterocycles. The Labute approximate surface area is 112 Å². The Morgan fingerprint density at radius 2 is 1.68 bits per heavy atom. The molecule has 2 heteroatoms. The molecule has 2 nitrogen and oxygen atoms in total. The van der Waals surface area contributed by atoms with Gasteiger partial charge in [0, 0.05) is 16.6 Å². The van der Waals surface area contributed by atoms with Gasteiger partial charge >= 0.3 is 0 Å². The average Bonchev–Trinajstić information content (AvgIpc) is 2.47. The minimum absolute atomic E-state index is 0.862. The second-order valence-electron chi connectivity index (χ2n) is 4.54. The van der Waals surface area contributed by atoms with Gasteiger partial charge in [-0.05, 0) is 42.6 Å². The highest BCUT2D eigenvalue weighted by atomic mass is 16.5. The van der Waals surface area contributed by atoms with Crippen molar-refractivity contribution < 1.29 is 4.74 Å². The number of benzene rings is 2. The van der Waals surface area contributed by atoms with Crippen molar-refractivity contribution in [1.29, 1.82) is 0 Å². The van der Waals surface area contributed by atoms with Crippen LogP contribution < -0.4 is 4.74 Å². The maximum atomic E-state index is 5.18. The number of nitrogens with zero attached hydrogens (tertiary/aromatic N) is 1. The molecule has 19 heavy (non-hydrogen) atoms. The van der Waals surface area contributed by atoms with Crippen molar-refractivity contribution in [3.63, 3.8) is 0 Å². The Morgan fingerprint density at radius 1 is 0.947 bits per heavy atom. The molecule has 0 bridgehead atoms. The summed E-state index contributed by atoms with van der Waals surface area (Å²) in [5.41, 5.74) is 3.16. The molecule has 2 aromatic carbocycles. The summed E-state index contributed by atoms with van der Waals surface area (Å²) in [7, 11) is 1.67. The molecule has 0 aliphatic carbocycles. The predicted octanol–water partition coefficient (Wildman–Crippen LogP) is 4.22. The van der Waals surface area contributed by atoms with Crippen molar-refractivity contribution in [2.45, 2.75) is 6.92 Å². The third kappa shape index (κ3) is 2.17. The lowest BCUT2D eigenvalue weighted by atomic mass is 10.1. The van der Waals surface area contributed by atoms with Crippen molar-refractivity contribution in [3.8, 4) is 17.0 Å². The van der Waals surface area contributed by atoms with E-state index >= 15 is 0 Å². The van der Waals surface area contributed by atoms with E-state index in [1.54, 1.807) is 7.11 Å². The van der Waals surface area contributed by atoms with Crippen molar-refractivity contribution >= 4 is 10.8 Å². The fourth-order valence-corrected chi connectivity index (χ4v) is 2.28. The van der Waals surface area contributed by atoms with Gasteiger partial charge in [0.2, 0.25) is 0 Å². The largest absolute Gasteiger partial charge is 0.497 e. The van der Waals surface area contributed by atoms with E-state index in [0.717, 1.165) is 22.7 Å². The van der Waals surface area contributed by atoms with E-state index in [1.165, 1.54) is 10.8 Å². The van der Waals surface area contributed by atoms with E-state index in [9.17, 15) is 0 Å². The molecule has 3 rings (SSSR count). The molecule has 0 saturated carbocycles. The first kappa shape index (κ1) is 11.7. The monoisotopic (exact) mass is 249 g/mol. The van der Waals surface area contributed by atoms with Crippen LogP contribution in [0, 0.1) is 6.92 Å². The van der Waals surface area contributed by atoms with Gasteiger partial charge in [-0.25, -0.2) is 0 Å². The van der Waals surface area contributed by atoms with Gasteiger partial charge in [0.05, 0.1) is 12.8 Å². The zero-order chi connectivity index (χ0) is 13.2. The van der Waals surface area contributed by atoms with E-state index in [4.69, 9.17) is 4.74 Å². The third-order valence-corrected chi connectivity index (χ3v) is 3.32. The molecule has 3 aromatic rings. The Balaban J connectivity index is 2.14. The Hall–Kier alpha value is -2.35. The Kier molecular flexibility index (Phi) is 2.92. The highest BCUT2D eigenvalue weighted by Crippen LogP contribution is 2.25. The maximum absolute atomic E-state index is 5.18. The fraction of sp³-hybridized carbons (Fsp3) is 0.118. The minimum atomic E-state index is 0.862. The summed E-state index contributed by atoms with van der Waals surface area (Å²) in [6.45, 7) is 2.05. The van der Waals surface area contributed by atoms with Gasteiger partial charge in [-0.1, -0.05) is 24.3 Å². The summed E-state index contributed by atoms with van der Waals surface area (Å²) >= 11 is 0. The van der Waals surface area contributed by atoms with Crippen LogP contribution in [0.3, 0.4) is 0 Å². The Morgan fingerprint density at radius 3 is 2.42 bits per heavy atom. The zero-order valence-electron chi connectivity index (χ0n) is 11.1. The topological polar surface area (TPSA) is 22.1 Å². The molecule has 1 aromatic heterocycles. The number of hydrogen-bond donors (Lipinski definition) is 0. The van der Waals surface area contributed by atoms with Gasteiger partial charge in [0.25, 0.3) is 0 Å². The van der Waals surface area contributed by atoms with Crippen LogP contribution in [0.5, 0.6) is 5.75 Å². The smallest absolute Gasteiger partial charge is 0.118 e. The first-order valence-electron chi connectivity index (χ1n) is 6.29. The number of aromatic nitrogens is 1. The van der Waals surface area contributed by atoms with Crippen LogP contribution in [-0.4, -0.2) is 12.1 Å². The van der Waals surface area contributed by atoms with E-state index < -0.39 is 0 Å². The number of pyridine rings is 1. The summed E-state index contributed by atoms with van der Waals surface area (Å²) in [5, 5.41) is 2.43. The number of ether oxygens (including phenoxy) is 1. The summed E-state index contributed by atoms with van der Waals surface area (Å²) in [5.74, 6) is 0.862. The maximum Gasteiger partial charge on any atom is 0.118 e. The third-order valence-electron chi connectivity index (χ3n) is 3.32. The lowest BCUT2D eigenvalue weighted by molar-refractivity contribution is 0.415. The Bertz CT molecular complexity index is 717. The van der Waals surface area contributed by atoms with Gasteiger partial charge < -0.3 is 4.74 Å². The molecule has 0 atom stereocenters. The number of aryl methyl sites for hydroxylation is 1. The highest BCUT2D eigenvalue weighted by Gasteiger charge is 2.04. The summed E-state index contributed by atoms with van der Waals surface area (Å²) in [6.07, 6.45) is 0. The lowest BCUT2D eigenvalue weighted by Crippen LogP contribution is -1.90.